The number of nitrogens with one attached hydrogen (secondary N) is 2. The second kappa shape index (κ2) is 10.2. The fraction of sp³-hybridized carbons (Fsp3) is 0.722. The van der Waals surface area contributed by atoms with E-state index >= 15 is 0 Å². The molecule has 1 amide bonds. The Balaban J connectivity index is 1.97. The average Bonchev–Trinajstić information content (AvgIpc) is 3.25. The lowest BCUT2D eigenvalue weighted by Gasteiger charge is -2.17. The molecular weight excluding hydrogens is 332 g/mol. The van der Waals surface area contributed by atoms with Gasteiger partial charge >= 0.3 is 0 Å². The third-order valence-corrected chi connectivity index (χ3v) is 4.64. The fourth-order valence-electron chi connectivity index (χ4n) is 3.10. The molecule has 26 heavy (non-hydrogen) atoms. The van der Waals surface area contributed by atoms with Crippen LogP contribution in [-0.2, 0) is 22.6 Å². The third kappa shape index (κ3) is 5.45. The smallest absolute Gasteiger partial charge is 0.241 e. The zero-order valence-corrected chi connectivity index (χ0v) is 16.5. The molecule has 8 heteroatoms. The molecule has 1 aromatic heterocycles. The highest BCUT2D eigenvalue weighted by Gasteiger charge is 2.18. The first-order valence-electron chi connectivity index (χ1n) is 9.38. The van der Waals surface area contributed by atoms with Gasteiger partial charge in [0.2, 0.25) is 5.91 Å². The molecule has 1 aromatic rings. The maximum Gasteiger partial charge on any atom is 0.241 e. The molecule has 2 heterocycles. The minimum Gasteiger partial charge on any atom is -0.383 e. The number of methoxy groups -OCH3 is 1. The van der Waals surface area contributed by atoms with Crippen molar-refractivity contribution < 1.29 is 9.53 Å². The summed E-state index contributed by atoms with van der Waals surface area (Å²) in [6, 6.07) is 0. The van der Waals surface area contributed by atoms with E-state index in [4.69, 9.17) is 4.74 Å². The van der Waals surface area contributed by atoms with Gasteiger partial charge < -0.3 is 20.3 Å². The summed E-state index contributed by atoms with van der Waals surface area (Å²) >= 11 is 0. The summed E-state index contributed by atoms with van der Waals surface area (Å²) < 4.78 is 7.09. The zero-order chi connectivity index (χ0) is 18.9. The first-order chi connectivity index (χ1) is 12.6. The first-order valence-corrected chi connectivity index (χ1v) is 9.38. The highest BCUT2D eigenvalue weighted by molar-refractivity contribution is 5.86. The Morgan fingerprint density at radius 1 is 1.27 bits per heavy atom. The van der Waals surface area contributed by atoms with Crippen molar-refractivity contribution >= 4 is 11.9 Å². The van der Waals surface area contributed by atoms with E-state index in [9.17, 15) is 4.79 Å². The molecule has 0 aliphatic carbocycles. The number of amides is 1. The third-order valence-electron chi connectivity index (χ3n) is 4.64. The van der Waals surface area contributed by atoms with Gasteiger partial charge in [-0.25, -0.2) is 4.99 Å². The van der Waals surface area contributed by atoms with Crippen molar-refractivity contribution in [2.75, 3.05) is 39.9 Å². The monoisotopic (exact) mass is 364 g/mol. The molecule has 1 fully saturated rings. The molecule has 0 bridgehead atoms. The topological polar surface area (TPSA) is 83.8 Å². The number of aryl methyl sites for hydroxylation is 1. The number of nitrogens with zero attached hydrogens (tertiary/aromatic N) is 4. The number of aromatic nitrogens is 2. The van der Waals surface area contributed by atoms with E-state index in [1.807, 2.05) is 23.4 Å². The molecule has 0 spiro atoms. The zero-order valence-electron chi connectivity index (χ0n) is 16.5. The highest BCUT2D eigenvalue weighted by Crippen LogP contribution is 2.14. The van der Waals surface area contributed by atoms with Gasteiger partial charge in [-0.2, -0.15) is 5.10 Å². The molecule has 0 atom stereocenters. The molecule has 0 saturated carbocycles. The maximum absolute atomic E-state index is 12.2. The number of ether oxygens (including phenoxy) is 1. The molecule has 2 N–H and O–H groups in total. The quantitative estimate of drug-likeness (QED) is 0.527. The van der Waals surface area contributed by atoms with Crippen molar-refractivity contribution in [3.63, 3.8) is 0 Å². The van der Waals surface area contributed by atoms with Crippen molar-refractivity contribution in [2.24, 2.45) is 4.99 Å². The van der Waals surface area contributed by atoms with Crippen LogP contribution in [0.4, 0.5) is 0 Å². The molecule has 2 rings (SSSR count). The van der Waals surface area contributed by atoms with E-state index < -0.39 is 0 Å². The number of guanidine groups is 1. The lowest BCUT2D eigenvalue weighted by atomic mass is 10.2. The van der Waals surface area contributed by atoms with Crippen LogP contribution in [0.2, 0.25) is 0 Å². The molecule has 0 unspecified atom stereocenters. The van der Waals surface area contributed by atoms with Crippen LogP contribution in [0.25, 0.3) is 0 Å². The number of carbonyl (C=O) groups is 1. The molecule has 1 aliphatic heterocycles. The van der Waals surface area contributed by atoms with Crippen LogP contribution in [0.15, 0.2) is 4.99 Å². The summed E-state index contributed by atoms with van der Waals surface area (Å²) in [6.45, 7) is 10.7. The van der Waals surface area contributed by atoms with Gasteiger partial charge in [-0.1, -0.05) is 0 Å². The van der Waals surface area contributed by atoms with Gasteiger partial charge in [-0.3, -0.25) is 9.48 Å². The summed E-state index contributed by atoms with van der Waals surface area (Å²) in [7, 11) is 1.69. The number of likely N-dealkylation sites (tertiary alicyclic amines) is 1. The SMILES string of the molecule is CCNC(=NCc1c(C)nn(CCOC)c1C)NCC(=O)N1CCCC1. The first kappa shape index (κ1) is 20.2. The van der Waals surface area contributed by atoms with Crippen LogP contribution in [0.1, 0.15) is 36.7 Å². The molecular formula is C18H32N6O2. The van der Waals surface area contributed by atoms with Gasteiger partial charge in [0.1, 0.15) is 0 Å². The Morgan fingerprint density at radius 2 is 2.00 bits per heavy atom. The van der Waals surface area contributed by atoms with E-state index in [-0.39, 0.29) is 12.5 Å². The lowest BCUT2D eigenvalue weighted by Crippen LogP contribution is -2.44. The summed E-state index contributed by atoms with van der Waals surface area (Å²) in [5.41, 5.74) is 3.20. The summed E-state index contributed by atoms with van der Waals surface area (Å²) in [5, 5.41) is 10.9. The van der Waals surface area contributed by atoms with Crippen molar-refractivity contribution in [1.82, 2.24) is 25.3 Å². The fourth-order valence-corrected chi connectivity index (χ4v) is 3.10. The summed E-state index contributed by atoms with van der Waals surface area (Å²) in [6.07, 6.45) is 2.21. The van der Waals surface area contributed by atoms with Gasteiger partial charge in [0, 0.05) is 38.0 Å². The number of carbonyl (C=O) groups excluding carboxylic acids is 1. The summed E-state index contributed by atoms with van der Waals surface area (Å²) in [5.74, 6) is 0.788. The normalized spacial score (nSPS) is 14.8. The second-order valence-corrected chi connectivity index (χ2v) is 6.50. The Bertz CT molecular complexity index is 619. The summed E-state index contributed by atoms with van der Waals surface area (Å²) in [4.78, 5) is 18.7. The predicted molar refractivity (Wildman–Crippen MR) is 102 cm³/mol. The minimum absolute atomic E-state index is 0.132. The Hall–Kier alpha value is -2.09. The maximum atomic E-state index is 12.2. The second-order valence-electron chi connectivity index (χ2n) is 6.50. The van der Waals surface area contributed by atoms with E-state index in [2.05, 4.69) is 27.6 Å². The molecule has 146 valence electrons. The Labute approximate surface area is 156 Å². The lowest BCUT2D eigenvalue weighted by molar-refractivity contribution is -0.128. The van der Waals surface area contributed by atoms with E-state index in [0.29, 0.717) is 19.1 Å². The number of hydrogen-bond donors (Lipinski definition) is 2. The van der Waals surface area contributed by atoms with Crippen LogP contribution in [0, 0.1) is 13.8 Å². The minimum atomic E-state index is 0.132. The van der Waals surface area contributed by atoms with Crippen molar-refractivity contribution in [3.05, 3.63) is 17.0 Å². The van der Waals surface area contributed by atoms with Gasteiger partial charge in [0.05, 0.1) is 31.9 Å². The van der Waals surface area contributed by atoms with Crippen LogP contribution >= 0.6 is 0 Å². The molecule has 0 radical (unpaired) electrons. The van der Waals surface area contributed by atoms with Gasteiger partial charge in [0.25, 0.3) is 0 Å². The molecule has 1 aliphatic rings. The highest BCUT2D eigenvalue weighted by atomic mass is 16.5. The Morgan fingerprint density at radius 3 is 2.65 bits per heavy atom. The number of rotatable bonds is 8. The van der Waals surface area contributed by atoms with Gasteiger partial charge in [-0.05, 0) is 33.6 Å². The molecule has 0 aromatic carbocycles. The van der Waals surface area contributed by atoms with Crippen LogP contribution in [0.5, 0.6) is 0 Å². The number of hydrogen-bond acceptors (Lipinski definition) is 4. The molecule has 8 nitrogen and oxygen atoms in total. The van der Waals surface area contributed by atoms with E-state index in [1.165, 1.54) is 0 Å². The largest absolute Gasteiger partial charge is 0.383 e. The van der Waals surface area contributed by atoms with Crippen LogP contribution in [0.3, 0.4) is 0 Å². The van der Waals surface area contributed by atoms with Crippen molar-refractivity contribution in [1.29, 1.82) is 0 Å². The Kier molecular flexibility index (Phi) is 7.90. The molecule has 1 saturated heterocycles. The predicted octanol–water partition coefficient (Wildman–Crippen LogP) is 0.824. The van der Waals surface area contributed by atoms with E-state index in [1.54, 1.807) is 7.11 Å². The average molecular weight is 364 g/mol. The van der Waals surface area contributed by atoms with Crippen LogP contribution in [-0.4, -0.2) is 66.4 Å². The van der Waals surface area contributed by atoms with Crippen molar-refractivity contribution in [2.45, 2.75) is 46.7 Å². The standard InChI is InChI=1S/C18H32N6O2/c1-5-19-18(21-13-17(25)23-8-6-7-9-23)20-12-16-14(2)22-24(15(16)3)10-11-26-4/h5-13H2,1-4H3,(H2,19,20,21). The van der Waals surface area contributed by atoms with Crippen molar-refractivity contribution in [3.8, 4) is 0 Å². The van der Waals surface area contributed by atoms with Crippen LogP contribution < -0.4 is 10.6 Å². The van der Waals surface area contributed by atoms with Gasteiger partial charge in [0.15, 0.2) is 5.96 Å². The van der Waals surface area contributed by atoms with E-state index in [0.717, 1.165) is 56.0 Å². The van der Waals surface area contributed by atoms with Gasteiger partial charge in [-0.15, -0.1) is 0 Å². The number of aliphatic imine (C=N–C) groups is 1.